The first-order chi connectivity index (χ1) is 31.0. The number of aromatic hydroxyl groups is 1. The van der Waals surface area contributed by atoms with Crippen LogP contribution in [0.3, 0.4) is 0 Å². The maximum Gasteiger partial charge on any atom is 0.321 e. The zero-order chi connectivity index (χ0) is 46.1. The number of nitrogens with zero attached hydrogens (tertiary/aromatic N) is 1. The maximum atomic E-state index is 14.3. The monoisotopic (exact) mass is 881 g/mol. The van der Waals surface area contributed by atoms with Crippen LogP contribution in [0, 0.1) is 0 Å². The lowest BCUT2D eigenvalue weighted by Crippen LogP contribution is -2.48. The Balaban J connectivity index is 1.35. The minimum Gasteiger partial charge on any atom is -0.508 e. The van der Waals surface area contributed by atoms with Crippen molar-refractivity contribution in [3.8, 4) is 5.75 Å². The number of phenolic OH excluding ortho intramolecular Hbond substituents is 1. The minimum absolute atomic E-state index is 0.0963. The van der Waals surface area contributed by atoms with Gasteiger partial charge in [-0.25, -0.2) is 4.79 Å². The number of anilines is 3. The Kier molecular flexibility index (Phi) is 21.1. The lowest BCUT2D eigenvalue weighted by atomic mass is 9.90. The van der Waals surface area contributed by atoms with Crippen LogP contribution in [0.1, 0.15) is 80.9 Å². The SMILES string of the molecule is CCC(=O)NCCNC(=O)NC(N)=NCCC[C@@H](NC(=O)[C@H](c1ccccc1)c1ccc(NCCCNc2c(NCCCCCCN)c(=O)c2=O)cc1)C(=O)NCc1ccc(O)cc1. The van der Waals surface area contributed by atoms with E-state index in [4.69, 9.17) is 11.5 Å². The van der Waals surface area contributed by atoms with E-state index in [2.05, 4.69) is 47.5 Å². The second-order valence-corrected chi connectivity index (χ2v) is 15.1. The molecule has 13 N–H and O–H groups in total. The minimum atomic E-state index is -0.959. The number of carbonyl (C=O) groups is 4. The summed E-state index contributed by atoms with van der Waals surface area (Å²) in [7, 11) is 0. The van der Waals surface area contributed by atoms with Crippen LogP contribution in [0.4, 0.5) is 21.9 Å². The van der Waals surface area contributed by atoms with Crippen LogP contribution >= 0.6 is 0 Å². The van der Waals surface area contributed by atoms with E-state index in [-0.39, 0.29) is 50.2 Å². The van der Waals surface area contributed by atoms with Gasteiger partial charge in [-0.2, -0.15) is 0 Å². The molecule has 18 heteroatoms. The summed E-state index contributed by atoms with van der Waals surface area (Å²) in [6.45, 7) is 4.83. The highest BCUT2D eigenvalue weighted by Crippen LogP contribution is 2.27. The molecule has 5 amide bonds. The number of carbonyl (C=O) groups excluding carboxylic acids is 4. The van der Waals surface area contributed by atoms with Crippen molar-refractivity contribution in [2.75, 3.05) is 61.8 Å². The van der Waals surface area contributed by atoms with Crippen molar-refractivity contribution in [3.05, 3.63) is 116 Å². The normalized spacial score (nSPS) is 12.1. The third kappa shape index (κ3) is 16.7. The van der Waals surface area contributed by atoms with Crippen molar-refractivity contribution in [3.63, 3.8) is 0 Å². The number of nitrogens with one attached hydrogen (secondary N) is 8. The molecule has 0 fully saturated rings. The number of benzene rings is 3. The van der Waals surface area contributed by atoms with Crippen LogP contribution in [0.5, 0.6) is 5.75 Å². The van der Waals surface area contributed by atoms with Gasteiger partial charge in [0.1, 0.15) is 23.2 Å². The zero-order valence-electron chi connectivity index (χ0n) is 36.5. The Morgan fingerprint density at radius 1 is 0.672 bits per heavy atom. The molecular formula is C46H63N11O7. The molecule has 0 radical (unpaired) electrons. The van der Waals surface area contributed by atoms with Crippen LogP contribution in [-0.2, 0) is 20.9 Å². The standard InChI is InChI=1S/C46H63N11O7/c1-2-37(59)50-28-29-54-46(64)57-45(48)53-25-10-14-36(43(62)55-30-31-15-21-35(58)22-16-31)56-44(63)38(32-12-6-5-7-13-32)33-17-19-34(20-18-33)49-26-11-27-52-40-39(41(60)42(40)61)51-24-9-4-3-8-23-47/h5-7,12-13,15-22,36,38,49,51-52,58H,2-4,8-11,14,23-30,47H2,1H3,(H,50,59)(H,55,62)(H,56,63)(H4,48,53,54,57,64)/t36-,38-/m1/s1. The molecule has 0 saturated carbocycles. The molecule has 4 aromatic carbocycles. The van der Waals surface area contributed by atoms with Gasteiger partial charge in [0.2, 0.25) is 17.7 Å². The van der Waals surface area contributed by atoms with Crippen LogP contribution in [-0.4, -0.2) is 86.7 Å². The molecule has 0 spiro atoms. The van der Waals surface area contributed by atoms with Gasteiger partial charge in [0.25, 0.3) is 10.9 Å². The predicted molar refractivity (Wildman–Crippen MR) is 251 cm³/mol. The van der Waals surface area contributed by atoms with E-state index in [0.29, 0.717) is 62.4 Å². The highest BCUT2D eigenvalue weighted by atomic mass is 16.3. The lowest BCUT2D eigenvalue weighted by molar-refractivity contribution is -0.129. The van der Waals surface area contributed by atoms with Crippen molar-refractivity contribution in [1.82, 2.24) is 26.6 Å². The highest BCUT2D eigenvalue weighted by Gasteiger charge is 2.28. The van der Waals surface area contributed by atoms with Gasteiger partial charge in [0.05, 0.1) is 5.92 Å². The molecule has 4 rings (SSSR count). The smallest absolute Gasteiger partial charge is 0.321 e. The molecule has 0 aliphatic heterocycles. The van der Waals surface area contributed by atoms with E-state index >= 15 is 0 Å². The van der Waals surface area contributed by atoms with E-state index in [1.165, 1.54) is 12.1 Å². The molecule has 344 valence electrons. The number of urea groups is 1. The summed E-state index contributed by atoms with van der Waals surface area (Å²) < 4.78 is 0. The second-order valence-electron chi connectivity index (χ2n) is 15.1. The molecule has 4 aromatic rings. The number of rotatable bonds is 28. The van der Waals surface area contributed by atoms with Gasteiger partial charge >= 0.3 is 6.03 Å². The average Bonchev–Trinajstić information content (AvgIpc) is 3.30. The molecule has 0 aliphatic carbocycles. The first kappa shape index (κ1) is 49.7. The van der Waals surface area contributed by atoms with Crippen molar-refractivity contribution in [1.29, 1.82) is 0 Å². The van der Waals surface area contributed by atoms with E-state index in [9.17, 15) is 33.9 Å². The number of amides is 5. The highest BCUT2D eigenvalue weighted by molar-refractivity contribution is 5.95. The largest absolute Gasteiger partial charge is 0.508 e. The molecular weight excluding hydrogens is 819 g/mol. The molecule has 0 unspecified atom stereocenters. The van der Waals surface area contributed by atoms with Crippen molar-refractivity contribution >= 4 is 46.8 Å². The van der Waals surface area contributed by atoms with E-state index < -0.39 is 40.7 Å². The number of aliphatic imine (C=N–C) groups is 1. The van der Waals surface area contributed by atoms with E-state index in [1.54, 1.807) is 19.1 Å². The Morgan fingerprint density at radius 3 is 1.97 bits per heavy atom. The number of unbranched alkanes of at least 4 members (excludes halogenated alkanes) is 3. The topological polar surface area (TPSA) is 283 Å². The molecule has 64 heavy (non-hydrogen) atoms. The maximum absolute atomic E-state index is 14.3. The molecule has 0 bridgehead atoms. The molecule has 2 atom stereocenters. The van der Waals surface area contributed by atoms with Crippen LogP contribution in [0.2, 0.25) is 0 Å². The Bertz CT molecular complexity index is 2180. The summed E-state index contributed by atoms with van der Waals surface area (Å²) in [5.74, 6) is -1.73. The van der Waals surface area contributed by atoms with Gasteiger partial charge in [-0.3, -0.25) is 34.3 Å². The fourth-order valence-corrected chi connectivity index (χ4v) is 6.68. The van der Waals surface area contributed by atoms with Crippen LogP contribution in [0.15, 0.2) is 93.4 Å². The van der Waals surface area contributed by atoms with Gasteiger partial charge in [-0.15, -0.1) is 0 Å². The third-order valence-electron chi connectivity index (χ3n) is 10.2. The molecule has 0 aromatic heterocycles. The summed E-state index contributed by atoms with van der Waals surface area (Å²) in [5, 5.41) is 32.8. The number of nitrogens with two attached hydrogens (primary N) is 2. The van der Waals surface area contributed by atoms with Gasteiger partial charge in [0.15, 0.2) is 5.96 Å². The van der Waals surface area contributed by atoms with Gasteiger partial charge in [-0.05, 0) is 79.6 Å². The van der Waals surface area contributed by atoms with E-state index in [0.717, 1.165) is 42.5 Å². The Morgan fingerprint density at radius 2 is 1.30 bits per heavy atom. The third-order valence-corrected chi connectivity index (χ3v) is 10.2. The van der Waals surface area contributed by atoms with Crippen molar-refractivity contribution in [2.45, 2.75) is 76.8 Å². The summed E-state index contributed by atoms with van der Waals surface area (Å²) in [6.07, 6.45) is 5.41. The Hall–Kier alpha value is -6.95. The summed E-state index contributed by atoms with van der Waals surface area (Å²) in [5.41, 5.74) is 14.1. The number of phenols is 1. The van der Waals surface area contributed by atoms with Crippen molar-refractivity contribution < 1.29 is 24.3 Å². The molecule has 18 nitrogen and oxygen atoms in total. The van der Waals surface area contributed by atoms with Crippen LogP contribution in [0.25, 0.3) is 0 Å². The number of hydrogen-bond donors (Lipinski definition) is 11. The fraction of sp³-hybridized carbons (Fsp3) is 0.413. The van der Waals surface area contributed by atoms with E-state index in [1.807, 2.05) is 54.6 Å². The number of guanidine groups is 1. The Labute approximate surface area is 373 Å². The second kappa shape index (κ2) is 27.2. The van der Waals surface area contributed by atoms with Crippen LogP contribution < -0.4 is 64.9 Å². The predicted octanol–water partition coefficient (Wildman–Crippen LogP) is 2.69. The molecule has 0 heterocycles. The zero-order valence-corrected chi connectivity index (χ0v) is 36.5. The summed E-state index contributed by atoms with van der Waals surface area (Å²) >= 11 is 0. The summed E-state index contributed by atoms with van der Waals surface area (Å²) in [6, 6.07) is 21.6. The summed E-state index contributed by atoms with van der Waals surface area (Å²) in [4.78, 5) is 80.0. The quantitative estimate of drug-likeness (QED) is 0.0170. The molecule has 0 aliphatic rings. The van der Waals surface area contributed by atoms with Gasteiger partial charge < -0.3 is 53.8 Å². The lowest BCUT2D eigenvalue weighted by Gasteiger charge is -2.23. The van der Waals surface area contributed by atoms with Crippen molar-refractivity contribution in [2.24, 2.45) is 16.5 Å². The average molecular weight is 882 g/mol. The van der Waals surface area contributed by atoms with Gasteiger partial charge in [-0.1, -0.05) is 74.4 Å². The first-order valence-electron chi connectivity index (χ1n) is 21.9. The number of hydrogen-bond acceptors (Lipinski definition) is 12. The first-order valence-corrected chi connectivity index (χ1v) is 21.9. The molecule has 0 saturated heterocycles. The van der Waals surface area contributed by atoms with Gasteiger partial charge in [0, 0.05) is 57.9 Å². The fourth-order valence-electron chi connectivity index (χ4n) is 6.68.